The molecule has 9 nitrogen and oxygen atoms in total. The summed E-state index contributed by atoms with van der Waals surface area (Å²) in [6.07, 6.45) is 5.98. The number of benzene rings is 3. The number of Topliss-reactive ketones (excluding diaryl/α,β-unsaturated/α-hetero) is 1. The summed E-state index contributed by atoms with van der Waals surface area (Å²) in [6, 6.07) is 17.5. The van der Waals surface area contributed by atoms with Crippen LogP contribution in [0.15, 0.2) is 66.7 Å². The first-order chi connectivity index (χ1) is 21.9. The average Bonchev–Trinajstić information content (AvgIpc) is 3.03. The van der Waals surface area contributed by atoms with Gasteiger partial charge in [0.1, 0.15) is 5.75 Å². The van der Waals surface area contributed by atoms with Crippen molar-refractivity contribution < 1.29 is 33.4 Å². The molecule has 246 valence electrons. The molecule has 0 aliphatic carbocycles. The Morgan fingerprint density at radius 1 is 0.804 bits per heavy atom. The number of amides is 2. The van der Waals surface area contributed by atoms with Gasteiger partial charge >= 0.3 is 5.97 Å². The highest BCUT2D eigenvalue weighted by Crippen LogP contribution is 2.30. The summed E-state index contributed by atoms with van der Waals surface area (Å²) in [5.74, 6) is -0.0881. The Morgan fingerprint density at radius 2 is 1.46 bits per heavy atom. The molecule has 0 aliphatic rings. The second-order valence-corrected chi connectivity index (χ2v) is 12.3. The molecule has 3 aromatic carbocycles. The van der Waals surface area contributed by atoms with Crippen LogP contribution >= 0.6 is 0 Å². The molecule has 1 unspecified atom stereocenters. The van der Waals surface area contributed by atoms with Gasteiger partial charge < -0.3 is 24.8 Å². The van der Waals surface area contributed by atoms with E-state index in [1.54, 1.807) is 66.7 Å². The van der Waals surface area contributed by atoms with Gasteiger partial charge in [-0.1, -0.05) is 59.4 Å². The molecule has 0 heterocycles. The second kappa shape index (κ2) is 17.1. The molecule has 1 atom stereocenters. The van der Waals surface area contributed by atoms with Crippen LogP contribution in [0.5, 0.6) is 17.2 Å². The standard InChI is InChI=1S/C37H46N2O7/c1-7-8-9-10-11-22-45-30-19-15-28(16-20-30)35(42)46-32-21-12-26(24-33(32)44-6)23-31(25(2)40)39-34(41)27-13-17-29(18-14-27)38-36(43)37(3,4)5/h12-21,24,31H,7-11,22-23H2,1-6H3,(H,38,43)(H,39,41). The van der Waals surface area contributed by atoms with Crippen LogP contribution in [0.2, 0.25) is 0 Å². The predicted molar refractivity (Wildman–Crippen MR) is 179 cm³/mol. The zero-order chi connectivity index (χ0) is 33.7. The number of carbonyl (C=O) groups excluding carboxylic acids is 4. The van der Waals surface area contributed by atoms with Gasteiger partial charge in [-0.25, -0.2) is 4.79 Å². The lowest BCUT2D eigenvalue weighted by molar-refractivity contribution is -0.123. The molecule has 2 N–H and O–H groups in total. The average molecular weight is 631 g/mol. The highest BCUT2D eigenvalue weighted by molar-refractivity contribution is 5.99. The molecule has 0 saturated heterocycles. The minimum atomic E-state index is -0.803. The Balaban J connectivity index is 1.59. The van der Waals surface area contributed by atoms with Crippen molar-refractivity contribution in [2.45, 2.75) is 79.2 Å². The third kappa shape index (κ3) is 11.1. The van der Waals surface area contributed by atoms with E-state index < -0.39 is 23.3 Å². The topological polar surface area (TPSA) is 120 Å². The summed E-state index contributed by atoms with van der Waals surface area (Å²) in [5.41, 5.74) is 1.44. The zero-order valence-corrected chi connectivity index (χ0v) is 27.7. The smallest absolute Gasteiger partial charge is 0.343 e. The maximum absolute atomic E-state index is 13.0. The number of carbonyl (C=O) groups is 4. The third-order valence-electron chi connectivity index (χ3n) is 7.36. The van der Waals surface area contributed by atoms with Crippen LogP contribution in [0.4, 0.5) is 5.69 Å². The first-order valence-electron chi connectivity index (χ1n) is 15.8. The molecule has 3 rings (SSSR count). The van der Waals surface area contributed by atoms with Gasteiger partial charge in [0.15, 0.2) is 17.3 Å². The van der Waals surface area contributed by atoms with Crippen LogP contribution in [0.25, 0.3) is 0 Å². The first-order valence-corrected chi connectivity index (χ1v) is 15.8. The van der Waals surface area contributed by atoms with Crippen LogP contribution in [0, 0.1) is 5.41 Å². The van der Waals surface area contributed by atoms with E-state index in [0.29, 0.717) is 40.5 Å². The summed E-state index contributed by atoms with van der Waals surface area (Å²) in [7, 11) is 1.46. The van der Waals surface area contributed by atoms with E-state index in [2.05, 4.69) is 17.6 Å². The van der Waals surface area contributed by atoms with Crippen molar-refractivity contribution in [2.24, 2.45) is 5.41 Å². The SMILES string of the molecule is CCCCCCCOc1ccc(C(=O)Oc2ccc(CC(NC(=O)c3ccc(NC(=O)C(C)(C)C)cc3)C(C)=O)cc2OC)cc1. The highest BCUT2D eigenvalue weighted by Gasteiger charge is 2.22. The maximum atomic E-state index is 13.0. The number of methoxy groups -OCH3 is 1. The van der Waals surface area contributed by atoms with E-state index >= 15 is 0 Å². The van der Waals surface area contributed by atoms with Crippen LogP contribution in [0.3, 0.4) is 0 Å². The molecule has 0 spiro atoms. The van der Waals surface area contributed by atoms with Crippen molar-refractivity contribution in [3.8, 4) is 17.2 Å². The summed E-state index contributed by atoms with van der Waals surface area (Å²) >= 11 is 0. The van der Waals surface area contributed by atoms with E-state index in [9.17, 15) is 19.2 Å². The molecule has 46 heavy (non-hydrogen) atoms. The van der Waals surface area contributed by atoms with Gasteiger partial charge in [0.25, 0.3) is 5.91 Å². The molecule has 3 aromatic rings. The van der Waals surface area contributed by atoms with Crippen molar-refractivity contribution in [1.82, 2.24) is 5.32 Å². The molecule has 0 saturated carbocycles. The number of esters is 1. The van der Waals surface area contributed by atoms with Crippen molar-refractivity contribution >= 4 is 29.3 Å². The van der Waals surface area contributed by atoms with E-state index in [1.807, 2.05) is 20.8 Å². The van der Waals surface area contributed by atoms with E-state index in [0.717, 1.165) is 12.8 Å². The quantitative estimate of drug-likeness (QED) is 0.0977. The summed E-state index contributed by atoms with van der Waals surface area (Å²) in [6.45, 7) is 9.67. The van der Waals surface area contributed by atoms with Gasteiger partial charge in [-0.2, -0.15) is 0 Å². The minimum Gasteiger partial charge on any atom is -0.494 e. The Bertz CT molecular complexity index is 1480. The van der Waals surface area contributed by atoms with E-state index in [1.165, 1.54) is 33.3 Å². The van der Waals surface area contributed by atoms with Gasteiger partial charge in [-0.15, -0.1) is 0 Å². The zero-order valence-electron chi connectivity index (χ0n) is 27.7. The Labute approximate surface area is 272 Å². The van der Waals surface area contributed by atoms with Crippen LogP contribution in [0.1, 0.15) is 93.0 Å². The van der Waals surface area contributed by atoms with Crippen molar-refractivity contribution in [2.75, 3.05) is 19.0 Å². The van der Waals surface area contributed by atoms with Crippen LogP contribution in [-0.4, -0.2) is 43.3 Å². The Morgan fingerprint density at radius 3 is 2.07 bits per heavy atom. The molecule has 0 aliphatic heterocycles. The summed E-state index contributed by atoms with van der Waals surface area (Å²) in [4.78, 5) is 50.5. The second-order valence-electron chi connectivity index (χ2n) is 12.3. The van der Waals surface area contributed by atoms with Crippen molar-refractivity contribution in [3.63, 3.8) is 0 Å². The third-order valence-corrected chi connectivity index (χ3v) is 7.36. The van der Waals surface area contributed by atoms with E-state index in [4.69, 9.17) is 14.2 Å². The number of ether oxygens (including phenoxy) is 3. The molecule has 0 aromatic heterocycles. The van der Waals surface area contributed by atoms with E-state index in [-0.39, 0.29) is 23.9 Å². The number of rotatable bonds is 16. The monoisotopic (exact) mass is 630 g/mol. The largest absolute Gasteiger partial charge is 0.494 e. The van der Waals surface area contributed by atoms with Gasteiger partial charge in [-0.3, -0.25) is 14.4 Å². The number of anilines is 1. The maximum Gasteiger partial charge on any atom is 0.343 e. The number of ketones is 1. The molecule has 0 fully saturated rings. The summed E-state index contributed by atoms with van der Waals surface area (Å²) in [5, 5.41) is 5.61. The normalized spacial score (nSPS) is 11.7. The molecule has 0 radical (unpaired) electrons. The molecular weight excluding hydrogens is 584 g/mol. The molecule has 2 amide bonds. The molecular formula is C37H46N2O7. The number of hydrogen-bond donors (Lipinski definition) is 2. The number of nitrogens with one attached hydrogen (secondary N) is 2. The first kappa shape index (κ1) is 35.8. The lowest BCUT2D eigenvalue weighted by Gasteiger charge is -2.18. The molecule has 9 heteroatoms. The van der Waals surface area contributed by atoms with Gasteiger partial charge in [-0.05, 0) is 86.0 Å². The lowest BCUT2D eigenvalue weighted by Crippen LogP contribution is -2.41. The predicted octanol–water partition coefficient (Wildman–Crippen LogP) is 7.18. The number of hydrogen-bond acceptors (Lipinski definition) is 7. The minimum absolute atomic E-state index is 0.139. The lowest BCUT2D eigenvalue weighted by atomic mass is 9.95. The van der Waals surface area contributed by atoms with Gasteiger partial charge in [0, 0.05) is 16.7 Å². The van der Waals surface area contributed by atoms with Crippen molar-refractivity contribution in [3.05, 3.63) is 83.4 Å². The fourth-order valence-electron chi connectivity index (χ4n) is 4.46. The Hall–Kier alpha value is -4.66. The van der Waals surface area contributed by atoms with Gasteiger partial charge in [0.05, 0.1) is 25.3 Å². The fraction of sp³-hybridized carbons (Fsp3) is 0.405. The number of unbranched alkanes of at least 4 members (excludes halogenated alkanes) is 4. The fourth-order valence-corrected chi connectivity index (χ4v) is 4.46. The Kier molecular flexibility index (Phi) is 13.4. The molecule has 0 bridgehead atoms. The van der Waals surface area contributed by atoms with Crippen molar-refractivity contribution in [1.29, 1.82) is 0 Å². The van der Waals surface area contributed by atoms with Gasteiger partial charge in [0.2, 0.25) is 5.91 Å². The highest BCUT2D eigenvalue weighted by atomic mass is 16.6. The van der Waals surface area contributed by atoms with Crippen LogP contribution in [-0.2, 0) is 16.0 Å². The summed E-state index contributed by atoms with van der Waals surface area (Å²) < 4.78 is 16.9. The van der Waals surface area contributed by atoms with Crippen LogP contribution < -0.4 is 24.8 Å².